The highest BCUT2D eigenvalue weighted by atomic mass is 19.1. The Labute approximate surface area is 217 Å². The molecular formula is C29H34FN5O2. The summed E-state index contributed by atoms with van der Waals surface area (Å²) < 4.78 is 27.5. The number of hydrogen-bond acceptors (Lipinski definition) is 6. The van der Waals surface area contributed by atoms with E-state index in [4.69, 9.17) is 14.6 Å². The standard InChI is InChI=1S/C29H34FN5O2/c1-5-37-24-9-10-26(25(30)18-24)35-20(3)27-19(2)31-32-28(29(27)33-35)22-12-15-34(16-13-22)14-11-21-7-6-8-23(17-21)36-4/h6-10,17-18,22H,5,11-16H2,1-4H3. The molecule has 37 heavy (non-hydrogen) atoms. The number of likely N-dealkylation sites (tertiary alicyclic amines) is 1. The van der Waals surface area contributed by atoms with Gasteiger partial charge >= 0.3 is 0 Å². The van der Waals surface area contributed by atoms with Crippen LogP contribution in [0.1, 0.15) is 48.3 Å². The van der Waals surface area contributed by atoms with E-state index in [0.29, 0.717) is 18.0 Å². The Morgan fingerprint density at radius 1 is 1.03 bits per heavy atom. The maximum Gasteiger partial charge on any atom is 0.152 e. The number of rotatable bonds is 8. The van der Waals surface area contributed by atoms with E-state index in [1.165, 1.54) is 11.6 Å². The largest absolute Gasteiger partial charge is 0.497 e. The first kappa shape index (κ1) is 25.1. The minimum atomic E-state index is -0.369. The zero-order valence-corrected chi connectivity index (χ0v) is 22.0. The molecule has 2 aromatic carbocycles. The van der Waals surface area contributed by atoms with E-state index in [1.54, 1.807) is 23.9 Å². The smallest absolute Gasteiger partial charge is 0.152 e. The molecule has 4 aromatic rings. The third-order valence-electron chi connectivity index (χ3n) is 7.31. The fraction of sp³-hybridized carbons (Fsp3) is 0.414. The van der Waals surface area contributed by atoms with Gasteiger partial charge in [0.1, 0.15) is 22.7 Å². The minimum Gasteiger partial charge on any atom is -0.497 e. The summed E-state index contributed by atoms with van der Waals surface area (Å²) in [5.74, 6) is 1.32. The van der Waals surface area contributed by atoms with Crippen LogP contribution in [-0.2, 0) is 6.42 Å². The number of aromatic nitrogens is 4. The Morgan fingerprint density at radius 3 is 2.57 bits per heavy atom. The van der Waals surface area contributed by atoms with Gasteiger partial charge in [-0.15, -0.1) is 0 Å². The molecule has 1 saturated heterocycles. The van der Waals surface area contributed by atoms with Gasteiger partial charge in [0, 0.05) is 23.9 Å². The van der Waals surface area contributed by atoms with Crippen molar-refractivity contribution >= 4 is 10.9 Å². The number of benzene rings is 2. The zero-order valence-electron chi connectivity index (χ0n) is 22.0. The second-order valence-electron chi connectivity index (χ2n) is 9.66. The van der Waals surface area contributed by atoms with Crippen molar-refractivity contribution in [2.45, 2.75) is 46.0 Å². The van der Waals surface area contributed by atoms with E-state index in [9.17, 15) is 0 Å². The molecule has 0 N–H and O–H groups in total. The van der Waals surface area contributed by atoms with Crippen molar-refractivity contribution in [3.8, 4) is 17.2 Å². The lowest BCUT2D eigenvalue weighted by Gasteiger charge is -2.31. The van der Waals surface area contributed by atoms with Gasteiger partial charge in [-0.05, 0) is 83.0 Å². The molecule has 0 amide bonds. The van der Waals surface area contributed by atoms with Gasteiger partial charge in [-0.2, -0.15) is 15.3 Å². The fourth-order valence-electron chi connectivity index (χ4n) is 5.31. The molecule has 1 aliphatic rings. The second kappa shape index (κ2) is 10.8. The minimum absolute atomic E-state index is 0.275. The Kier molecular flexibility index (Phi) is 7.37. The van der Waals surface area contributed by atoms with Crippen molar-refractivity contribution in [2.24, 2.45) is 0 Å². The molecule has 194 valence electrons. The first-order valence-electron chi connectivity index (χ1n) is 13.0. The van der Waals surface area contributed by atoms with Crippen LogP contribution in [0.3, 0.4) is 0 Å². The molecule has 0 unspecified atom stereocenters. The average Bonchev–Trinajstić information content (AvgIpc) is 3.26. The number of nitrogens with zero attached hydrogens (tertiary/aromatic N) is 5. The maximum atomic E-state index is 15.0. The van der Waals surface area contributed by atoms with Crippen LogP contribution in [0.15, 0.2) is 42.5 Å². The average molecular weight is 504 g/mol. The molecule has 1 fully saturated rings. The Morgan fingerprint density at radius 2 is 1.84 bits per heavy atom. The predicted molar refractivity (Wildman–Crippen MR) is 142 cm³/mol. The molecule has 0 spiro atoms. The van der Waals surface area contributed by atoms with Crippen LogP contribution >= 0.6 is 0 Å². The number of hydrogen-bond donors (Lipinski definition) is 0. The topological polar surface area (TPSA) is 65.3 Å². The Bertz CT molecular complexity index is 1390. The summed E-state index contributed by atoms with van der Waals surface area (Å²) in [5.41, 5.74) is 5.10. The van der Waals surface area contributed by atoms with Crippen LogP contribution in [0.2, 0.25) is 0 Å². The van der Waals surface area contributed by atoms with Crippen molar-refractivity contribution in [1.82, 2.24) is 24.9 Å². The number of piperidine rings is 1. The van der Waals surface area contributed by atoms with Gasteiger partial charge < -0.3 is 14.4 Å². The third kappa shape index (κ3) is 5.16. The number of aryl methyl sites for hydroxylation is 2. The normalized spacial score (nSPS) is 14.8. The highest BCUT2D eigenvalue weighted by Crippen LogP contribution is 2.34. The van der Waals surface area contributed by atoms with E-state index >= 15 is 4.39 Å². The highest BCUT2D eigenvalue weighted by molar-refractivity contribution is 5.86. The summed E-state index contributed by atoms with van der Waals surface area (Å²) >= 11 is 0. The van der Waals surface area contributed by atoms with Crippen molar-refractivity contribution < 1.29 is 13.9 Å². The molecule has 0 aliphatic carbocycles. The van der Waals surface area contributed by atoms with Crippen LogP contribution in [-0.4, -0.2) is 58.2 Å². The van der Waals surface area contributed by atoms with Crippen LogP contribution < -0.4 is 9.47 Å². The molecule has 0 atom stereocenters. The van der Waals surface area contributed by atoms with Crippen molar-refractivity contribution in [3.05, 3.63) is 70.9 Å². The Hall–Kier alpha value is -3.52. The number of methoxy groups -OCH3 is 1. The molecule has 5 rings (SSSR count). The lowest BCUT2D eigenvalue weighted by molar-refractivity contribution is 0.213. The highest BCUT2D eigenvalue weighted by Gasteiger charge is 2.27. The number of ether oxygens (including phenoxy) is 2. The third-order valence-corrected chi connectivity index (χ3v) is 7.31. The van der Waals surface area contributed by atoms with Crippen LogP contribution in [0.5, 0.6) is 11.5 Å². The summed E-state index contributed by atoms with van der Waals surface area (Å²) in [6, 6.07) is 13.2. The Balaban J connectivity index is 1.34. The first-order chi connectivity index (χ1) is 18.0. The molecule has 7 nitrogen and oxygen atoms in total. The van der Waals surface area contributed by atoms with E-state index < -0.39 is 0 Å². The van der Waals surface area contributed by atoms with Gasteiger partial charge in [0.05, 0.1) is 30.8 Å². The zero-order chi connectivity index (χ0) is 25.9. The first-order valence-corrected chi connectivity index (χ1v) is 13.0. The van der Waals surface area contributed by atoms with Gasteiger partial charge in [0.25, 0.3) is 0 Å². The maximum absolute atomic E-state index is 15.0. The number of halogens is 1. The van der Waals surface area contributed by atoms with Crippen molar-refractivity contribution in [1.29, 1.82) is 0 Å². The van der Waals surface area contributed by atoms with Crippen LogP contribution in [0, 0.1) is 19.7 Å². The van der Waals surface area contributed by atoms with Crippen LogP contribution in [0.25, 0.3) is 16.6 Å². The second-order valence-corrected chi connectivity index (χ2v) is 9.66. The van der Waals surface area contributed by atoms with E-state index in [2.05, 4.69) is 27.2 Å². The molecule has 2 aromatic heterocycles. The molecule has 8 heteroatoms. The SMILES string of the molecule is CCOc1ccc(-n2nc3c(C4CCN(CCc5cccc(OC)c5)CC4)nnc(C)c3c2C)c(F)c1. The van der Waals surface area contributed by atoms with E-state index in [-0.39, 0.29) is 11.7 Å². The van der Waals surface area contributed by atoms with Gasteiger partial charge in [0.2, 0.25) is 0 Å². The monoisotopic (exact) mass is 503 g/mol. The lowest BCUT2D eigenvalue weighted by atomic mass is 9.91. The lowest BCUT2D eigenvalue weighted by Crippen LogP contribution is -2.34. The molecule has 3 heterocycles. The van der Waals surface area contributed by atoms with Gasteiger partial charge in [-0.3, -0.25) is 0 Å². The fourth-order valence-corrected chi connectivity index (χ4v) is 5.31. The molecular weight excluding hydrogens is 469 g/mol. The summed E-state index contributed by atoms with van der Waals surface area (Å²) in [5, 5.41) is 14.9. The molecule has 0 bridgehead atoms. The van der Waals surface area contributed by atoms with Gasteiger partial charge in [0.15, 0.2) is 5.82 Å². The van der Waals surface area contributed by atoms with E-state index in [0.717, 1.165) is 72.6 Å². The molecule has 1 aliphatic heterocycles. The summed E-state index contributed by atoms with van der Waals surface area (Å²) in [6.45, 7) is 9.28. The summed E-state index contributed by atoms with van der Waals surface area (Å²) in [6.07, 6.45) is 2.98. The van der Waals surface area contributed by atoms with Gasteiger partial charge in [-0.25, -0.2) is 9.07 Å². The quantitative estimate of drug-likeness (QED) is 0.321. The van der Waals surface area contributed by atoms with Crippen molar-refractivity contribution in [3.63, 3.8) is 0 Å². The number of fused-ring (bicyclic) bond motifs is 1. The van der Waals surface area contributed by atoms with Crippen LogP contribution in [0.4, 0.5) is 4.39 Å². The molecule has 0 saturated carbocycles. The van der Waals surface area contributed by atoms with E-state index in [1.807, 2.05) is 32.9 Å². The predicted octanol–water partition coefficient (Wildman–Crippen LogP) is 5.40. The molecule has 0 radical (unpaired) electrons. The summed E-state index contributed by atoms with van der Waals surface area (Å²) in [4.78, 5) is 2.51. The summed E-state index contributed by atoms with van der Waals surface area (Å²) in [7, 11) is 1.70. The van der Waals surface area contributed by atoms with Gasteiger partial charge in [-0.1, -0.05) is 12.1 Å². The van der Waals surface area contributed by atoms with Crippen molar-refractivity contribution in [2.75, 3.05) is 33.4 Å².